The highest BCUT2D eigenvalue weighted by Crippen LogP contribution is 2.08. The van der Waals surface area contributed by atoms with Crippen molar-refractivity contribution in [2.45, 2.75) is 20.8 Å². The maximum absolute atomic E-state index is 11.6. The van der Waals surface area contributed by atoms with Gasteiger partial charge in [-0.3, -0.25) is 9.89 Å². The van der Waals surface area contributed by atoms with Crippen LogP contribution in [0.5, 0.6) is 0 Å². The Morgan fingerprint density at radius 3 is 2.77 bits per heavy atom. The lowest BCUT2D eigenvalue weighted by Crippen LogP contribution is -2.17. The molecule has 0 radical (unpaired) electrons. The van der Waals surface area contributed by atoms with E-state index in [0.717, 1.165) is 11.3 Å². The molecule has 4 heteroatoms. The first-order valence-corrected chi connectivity index (χ1v) is 4.15. The van der Waals surface area contributed by atoms with Gasteiger partial charge in [0.15, 0.2) is 5.65 Å². The fourth-order valence-electron chi connectivity index (χ4n) is 1.33. The zero-order valence-electron chi connectivity index (χ0n) is 7.88. The van der Waals surface area contributed by atoms with Crippen molar-refractivity contribution in [1.82, 2.24) is 14.6 Å². The van der Waals surface area contributed by atoms with Crippen molar-refractivity contribution in [3.8, 4) is 0 Å². The number of aromatic nitrogens is 3. The topological polar surface area (TPSA) is 50.2 Å². The Labute approximate surface area is 75.2 Å². The molecular formula is C9H11N3O. The molecule has 0 aliphatic carbocycles. The highest BCUT2D eigenvalue weighted by atomic mass is 16.1. The minimum absolute atomic E-state index is 0.0267. The first kappa shape index (κ1) is 8.04. The van der Waals surface area contributed by atoms with E-state index < -0.39 is 0 Å². The third-order valence-electron chi connectivity index (χ3n) is 2.31. The second kappa shape index (κ2) is 2.45. The summed E-state index contributed by atoms with van der Waals surface area (Å²) in [5.41, 5.74) is 3.35. The van der Waals surface area contributed by atoms with Crippen LogP contribution in [0.2, 0.25) is 0 Å². The molecular weight excluding hydrogens is 166 g/mol. The number of fused-ring (bicyclic) bond motifs is 1. The number of rotatable bonds is 0. The maximum atomic E-state index is 11.6. The van der Waals surface area contributed by atoms with Gasteiger partial charge >= 0.3 is 0 Å². The van der Waals surface area contributed by atoms with E-state index in [1.807, 2.05) is 13.8 Å². The molecule has 0 aliphatic heterocycles. The van der Waals surface area contributed by atoms with Crippen LogP contribution in [0.4, 0.5) is 0 Å². The highest BCUT2D eigenvalue weighted by Gasteiger charge is 2.07. The van der Waals surface area contributed by atoms with Gasteiger partial charge in [-0.25, -0.2) is 9.50 Å². The van der Waals surface area contributed by atoms with E-state index >= 15 is 0 Å². The van der Waals surface area contributed by atoms with E-state index in [4.69, 9.17) is 0 Å². The summed E-state index contributed by atoms with van der Waals surface area (Å²) in [4.78, 5) is 15.8. The minimum Gasteiger partial charge on any atom is -0.294 e. The third-order valence-corrected chi connectivity index (χ3v) is 2.31. The van der Waals surface area contributed by atoms with Gasteiger partial charge in [0.05, 0.1) is 0 Å². The van der Waals surface area contributed by atoms with Crippen molar-refractivity contribution in [1.29, 1.82) is 0 Å². The number of hydrogen-bond acceptors (Lipinski definition) is 2. The number of aromatic amines is 1. The van der Waals surface area contributed by atoms with Crippen LogP contribution in [0.3, 0.4) is 0 Å². The van der Waals surface area contributed by atoms with Gasteiger partial charge < -0.3 is 0 Å². The standard InChI is InChI=1S/C9H11N3O/c1-5-4-10-8-6(2)7(3)11-12(8)9(5)13/h4,11H,1-3H3. The lowest BCUT2D eigenvalue weighted by molar-refractivity contribution is 0.869. The van der Waals surface area contributed by atoms with Crippen molar-refractivity contribution >= 4 is 5.65 Å². The van der Waals surface area contributed by atoms with Crippen LogP contribution in [0.15, 0.2) is 11.0 Å². The molecule has 0 spiro atoms. The van der Waals surface area contributed by atoms with E-state index in [1.54, 1.807) is 13.1 Å². The fourth-order valence-corrected chi connectivity index (χ4v) is 1.33. The van der Waals surface area contributed by atoms with Crippen LogP contribution in [-0.4, -0.2) is 14.6 Å². The second-order valence-electron chi connectivity index (χ2n) is 3.27. The zero-order chi connectivity index (χ0) is 9.59. The fraction of sp³-hybridized carbons (Fsp3) is 0.333. The predicted molar refractivity (Wildman–Crippen MR) is 50.0 cm³/mol. The monoisotopic (exact) mass is 177 g/mol. The molecule has 0 fully saturated rings. The van der Waals surface area contributed by atoms with Crippen LogP contribution in [0.1, 0.15) is 16.8 Å². The smallest absolute Gasteiger partial charge is 0.275 e. The molecule has 0 saturated heterocycles. The van der Waals surface area contributed by atoms with E-state index in [9.17, 15) is 4.79 Å². The number of hydrogen-bond donors (Lipinski definition) is 1. The van der Waals surface area contributed by atoms with Gasteiger partial charge in [0, 0.05) is 23.0 Å². The summed E-state index contributed by atoms with van der Waals surface area (Å²) in [5, 5.41) is 2.98. The largest absolute Gasteiger partial charge is 0.294 e. The summed E-state index contributed by atoms with van der Waals surface area (Å²) >= 11 is 0. The first-order valence-electron chi connectivity index (χ1n) is 4.15. The lowest BCUT2D eigenvalue weighted by Gasteiger charge is -1.93. The number of aryl methyl sites for hydroxylation is 3. The van der Waals surface area contributed by atoms with Gasteiger partial charge in [-0.1, -0.05) is 0 Å². The Balaban J connectivity index is 3.03. The van der Waals surface area contributed by atoms with Crippen LogP contribution in [-0.2, 0) is 0 Å². The Morgan fingerprint density at radius 1 is 1.38 bits per heavy atom. The maximum Gasteiger partial charge on any atom is 0.275 e. The third kappa shape index (κ3) is 0.983. The number of H-pyrrole nitrogens is 1. The molecule has 0 unspecified atom stereocenters. The van der Waals surface area contributed by atoms with Gasteiger partial charge in [-0.05, 0) is 20.8 Å². The molecule has 13 heavy (non-hydrogen) atoms. The summed E-state index contributed by atoms with van der Waals surface area (Å²) in [5.74, 6) is 0. The molecule has 2 aromatic heterocycles. The zero-order valence-corrected chi connectivity index (χ0v) is 7.88. The Bertz CT molecular complexity index is 521. The highest BCUT2D eigenvalue weighted by molar-refractivity contribution is 5.48. The molecule has 2 rings (SSSR count). The van der Waals surface area contributed by atoms with Gasteiger partial charge in [-0.2, -0.15) is 0 Å². The Hall–Kier alpha value is -1.58. The number of nitrogens with zero attached hydrogens (tertiary/aromatic N) is 2. The second-order valence-corrected chi connectivity index (χ2v) is 3.27. The minimum atomic E-state index is -0.0267. The van der Waals surface area contributed by atoms with E-state index in [-0.39, 0.29) is 5.56 Å². The summed E-state index contributed by atoms with van der Waals surface area (Å²) in [7, 11) is 0. The predicted octanol–water partition coefficient (Wildman–Crippen LogP) is 0.948. The molecule has 0 aliphatic rings. The van der Waals surface area contributed by atoms with Crippen LogP contribution >= 0.6 is 0 Å². The molecule has 2 aromatic rings. The summed E-state index contributed by atoms with van der Waals surface area (Å²) < 4.78 is 1.49. The van der Waals surface area contributed by atoms with Crippen LogP contribution in [0.25, 0.3) is 5.65 Å². The van der Waals surface area contributed by atoms with Crippen LogP contribution < -0.4 is 5.56 Å². The molecule has 1 N–H and O–H groups in total. The lowest BCUT2D eigenvalue weighted by atomic mass is 10.3. The van der Waals surface area contributed by atoms with Crippen LogP contribution in [0, 0.1) is 20.8 Å². The summed E-state index contributed by atoms with van der Waals surface area (Å²) in [6.07, 6.45) is 1.61. The normalized spacial score (nSPS) is 11.0. The molecule has 0 bridgehead atoms. The van der Waals surface area contributed by atoms with Crippen molar-refractivity contribution in [2.75, 3.05) is 0 Å². The molecule has 0 aromatic carbocycles. The summed E-state index contributed by atoms with van der Waals surface area (Å²) in [6.45, 7) is 5.63. The van der Waals surface area contributed by atoms with Crippen molar-refractivity contribution in [3.63, 3.8) is 0 Å². The van der Waals surface area contributed by atoms with Crippen molar-refractivity contribution in [2.24, 2.45) is 0 Å². The molecule has 2 heterocycles. The molecule has 68 valence electrons. The average Bonchev–Trinajstić information content (AvgIpc) is 2.38. The van der Waals surface area contributed by atoms with E-state index in [0.29, 0.717) is 11.2 Å². The number of nitrogens with one attached hydrogen (secondary N) is 1. The molecule has 0 saturated carbocycles. The Morgan fingerprint density at radius 2 is 2.08 bits per heavy atom. The van der Waals surface area contributed by atoms with E-state index in [1.165, 1.54) is 4.52 Å². The van der Waals surface area contributed by atoms with Crippen molar-refractivity contribution in [3.05, 3.63) is 33.4 Å². The van der Waals surface area contributed by atoms with Gasteiger partial charge in [0.2, 0.25) is 0 Å². The van der Waals surface area contributed by atoms with Gasteiger partial charge in [0.25, 0.3) is 5.56 Å². The first-order chi connectivity index (χ1) is 6.11. The molecule has 0 atom stereocenters. The molecule has 0 amide bonds. The Kier molecular flexibility index (Phi) is 1.52. The van der Waals surface area contributed by atoms with Gasteiger partial charge in [-0.15, -0.1) is 0 Å². The average molecular weight is 177 g/mol. The van der Waals surface area contributed by atoms with Gasteiger partial charge in [0.1, 0.15) is 0 Å². The SMILES string of the molecule is Cc1[nH]n2c(=O)c(C)cnc2c1C. The van der Waals surface area contributed by atoms with Crippen molar-refractivity contribution < 1.29 is 0 Å². The summed E-state index contributed by atoms with van der Waals surface area (Å²) in [6, 6.07) is 0. The van der Waals surface area contributed by atoms with E-state index in [2.05, 4.69) is 10.1 Å². The quantitative estimate of drug-likeness (QED) is 0.651. The molecule has 4 nitrogen and oxygen atoms in total.